The van der Waals surface area contributed by atoms with E-state index < -0.39 is 0 Å². The lowest BCUT2D eigenvalue weighted by atomic mass is 10.4. The molecule has 17 heavy (non-hydrogen) atoms. The van der Waals surface area contributed by atoms with Crippen molar-refractivity contribution in [2.24, 2.45) is 0 Å². The van der Waals surface area contributed by atoms with Gasteiger partial charge in [-0.25, -0.2) is 4.98 Å². The van der Waals surface area contributed by atoms with Crippen molar-refractivity contribution in [2.75, 3.05) is 11.9 Å². The molecule has 1 rings (SSSR count). The summed E-state index contributed by atoms with van der Waals surface area (Å²) in [5, 5.41) is 6.25. The van der Waals surface area contributed by atoms with Crippen LogP contribution in [0, 0.1) is 0 Å². The van der Waals surface area contributed by atoms with E-state index in [1.54, 1.807) is 0 Å². The van der Waals surface area contributed by atoms with Crippen LogP contribution in [-0.4, -0.2) is 23.5 Å². The fraction of sp³-hybridized carbons (Fsp3) is 0.400. The second-order valence-electron chi connectivity index (χ2n) is 3.67. The molecule has 0 aromatic carbocycles. The molecule has 0 aliphatic heterocycles. The summed E-state index contributed by atoms with van der Waals surface area (Å²) >= 11 is 17.4. The SMILES string of the molecule is CC(C)NC(=O)CNc1nc(Cl)c(Cl)cc1Cl. The molecule has 0 saturated heterocycles. The van der Waals surface area contributed by atoms with E-state index in [1.807, 2.05) is 13.8 Å². The largest absolute Gasteiger partial charge is 0.360 e. The molecule has 1 amide bonds. The number of carbonyl (C=O) groups excluding carboxylic acids is 1. The number of nitrogens with zero attached hydrogens (tertiary/aromatic N) is 1. The first kappa shape index (κ1) is 14.4. The Hall–Kier alpha value is -0.710. The van der Waals surface area contributed by atoms with Crippen molar-refractivity contribution < 1.29 is 4.79 Å². The van der Waals surface area contributed by atoms with Gasteiger partial charge in [-0.3, -0.25) is 4.79 Å². The molecule has 94 valence electrons. The summed E-state index contributed by atoms with van der Waals surface area (Å²) < 4.78 is 0. The van der Waals surface area contributed by atoms with E-state index in [4.69, 9.17) is 34.8 Å². The standard InChI is InChI=1S/C10H12Cl3N3O/c1-5(2)15-8(17)4-14-10-7(12)3-6(11)9(13)16-10/h3,5H,4H2,1-2H3,(H,14,16)(H,15,17). The number of nitrogens with one attached hydrogen (secondary N) is 2. The van der Waals surface area contributed by atoms with E-state index in [9.17, 15) is 4.79 Å². The van der Waals surface area contributed by atoms with Crippen LogP contribution in [0.3, 0.4) is 0 Å². The molecule has 0 spiro atoms. The highest BCUT2D eigenvalue weighted by Crippen LogP contribution is 2.28. The Bertz CT molecular complexity index is 424. The lowest BCUT2D eigenvalue weighted by Crippen LogP contribution is -2.35. The highest BCUT2D eigenvalue weighted by atomic mass is 35.5. The summed E-state index contributed by atoms with van der Waals surface area (Å²) in [7, 11) is 0. The third kappa shape index (κ3) is 4.58. The highest BCUT2D eigenvalue weighted by Gasteiger charge is 2.09. The number of pyridine rings is 1. The topological polar surface area (TPSA) is 54.0 Å². The van der Waals surface area contributed by atoms with Gasteiger partial charge in [-0.05, 0) is 19.9 Å². The van der Waals surface area contributed by atoms with Crippen LogP contribution in [0.5, 0.6) is 0 Å². The van der Waals surface area contributed by atoms with Crippen LogP contribution in [0.15, 0.2) is 6.07 Å². The zero-order valence-corrected chi connectivity index (χ0v) is 11.6. The molecule has 0 aliphatic carbocycles. The molecule has 0 saturated carbocycles. The molecule has 0 aliphatic rings. The Balaban J connectivity index is 2.63. The van der Waals surface area contributed by atoms with E-state index in [0.29, 0.717) is 10.8 Å². The van der Waals surface area contributed by atoms with Crippen molar-refractivity contribution in [3.05, 3.63) is 21.3 Å². The van der Waals surface area contributed by atoms with Crippen molar-refractivity contribution in [1.82, 2.24) is 10.3 Å². The number of hydrogen-bond donors (Lipinski definition) is 2. The Morgan fingerprint density at radius 3 is 2.59 bits per heavy atom. The maximum absolute atomic E-state index is 11.4. The summed E-state index contributed by atoms with van der Waals surface area (Å²) in [5.74, 6) is 0.184. The van der Waals surface area contributed by atoms with Gasteiger partial charge < -0.3 is 10.6 Å². The average molecular weight is 297 g/mol. The number of halogens is 3. The van der Waals surface area contributed by atoms with Crippen molar-refractivity contribution in [2.45, 2.75) is 19.9 Å². The predicted molar refractivity (Wildman–Crippen MR) is 71.0 cm³/mol. The minimum absolute atomic E-state index is 0.0723. The summed E-state index contributed by atoms with van der Waals surface area (Å²) in [4.78, 5) is 15.3. The molecule has 0 atom stereocenters. The first-order valence-corrected chi connectivity index (χ1v) is 6.08. The number of anilines is 1. The first-order valence-electron chi connectivity index (χ1n) is 4.95. The lowest BCUT2D eigenvalue weighted by Gasteiger charge is -2.10. The van der Waals surface area contributed by atoms with Crippen molar-refractivity contribution in [1.29, 1.82) is 0 Å². The van der Waals surface area contributed by atoms with Gasteiger partial charge in [0.25, 0.3) is 0 Å². The van der Waals surface area contributed by atoms with Gasteiger partial charge in [0.1, 0.15) is 11.0 Å². The Morgan fingerprint density at radius 2 is 2.00 bits per heavy atom. The fourth-order valence-electron chi connectivity index (χ4n) is 1.11. The molecular weight excluding hydrogens is 284 g/mol. The highest BCUT2D eigenvalue weighted by molar-refractivity contribution is 6.42. The summed E-state index contributed by atoms with van der Waals surface area (Å²) in [6.45, 7) is 3.83. The monoisotopic (exact) mass is 295 g/mol. The zero-order valence-electron chi connectivity index (χ0n) is 9.35. The van der Waals surface area contributed by atoms with Gasteiger partial charge in [0, 0.05) is 6.04 Å². The van der Waals surface area contributed by atoms with Gasteiger partial charge in [-0.2, -0.15) is 0 Å². The molecule has 0 unspecified atom stereocenters. The molecule has 0 fully saturated rings. The number of aromatic nitrogens is 1. The lowest BCUT2D eigenvalue weighted by molar-refractivity contribution is -0.119. The zero-order chi connectivity index (χ0) is 13.0. The summed E-state index contributed by atoms with van der Waals surface area (Å²) in [6.07, 6.45) is 0. The molecule has 7 heteroatoms. The number of carbonyl (C=O) groups is 1. The van der Waals surface area contributed by atoms with E-state index >= 15 is 0 Å². The second kappa shape index (κ2) is 6.28. The number of rotatable bonds is 4. The molecule has 0 bridgehead atoms. The average Bonchev–Trinajstić information content (AvgIpc) is 2.20. The maximum atomic E-state index is 11.4. The van der Waals surface area contributed by atoms with Crippen LogP contribution < -0.4 is 10.6 Å². The molecule has 1 heterocycles. The van der Waals surface area contributed by atoms with E-state index in [0.717, 1.165) is 0 Å². The van der Waals surface area contributed by atoms with Crippen LogP contribution in [0.1, 0.15) is 13.8 Å². The third-order valence-corrected chi connectivity index (χ3v) is 2.71. The van der Waals surface area contributed by atoms with E-state index in [2.05, 4.69) is 15.6 Å². The second-order valence-corrected chi connectivity index (χ2v) is 4.84. The minimum Gasteiger partial charge on any atom is -0.360 e. The van der Waals surface area contributed by atoms with Gasteiger partial charge in [0.15, 0.2) is 0 Å². The molecule has 1 aromatic rings. The van der Waals surface area contributed by atoms with Crippen molar-refractivity contribution >= 4 is 46.5 Å². The summed E-state index contributed by atoms with van der Waals surface area (Å²) in [6, 6.07) is 1.56. The van der Waals surface area contributed by atoms with Crippen molar-refractivity contribution in [3.8, 4) is 0 Å². The molecule has 2 N–H and O–H groups in total. The van der Waals surface area contributed by atoms with Crippen molar-refractivity contribution in [3.63, 3.8) is 0 Å². The normalized spacial score (nSPS) is 10.5. The van der Waals surface area contributed by atoms with Gasteiger partial charge in [0.2, 0.25) is 5.91 Å². The Kier molecular flexibility index (Phi) is 5.31. The smallest absolute Gasteiger partial charge is 0.239 e. The summed E-state index contributed by atoms with van der Waals surface area (Å²) in [5.41, 5.74) is 0. The van der Waals surface area contributed by atoms with Gasteiger partial charge >= 0.3 is 0 Å². The van der Waals surface area contributed by atoms with Gasteiger partial charge in [-0.15, -0.1) is 0 Å². The molecule has 4 nitrogen and oxygen atoms in total. The molecular formula is C10H12Cl3N3O. The van der Waals surface area contributed by atoms with Gasteiger partial charge in [0.05, 0.1) is 16.6 Å². The van der Waals surface area contributed by atoms with Crippen LogP contribution in [0.2, 0.25) is 15.2 Å². The van der Waals surface area contributed by atoms with Crippen LogP contribution >= 0.6 is 34.8 Å². The third-order valence-electron chi connectivity index (χ3n) is 1.75. The first-order chi connectivity index (χ1) is 7.90. The Labute approximate surface area is 115 Å². The van der Waals surface area contributed by atoms with Crippen LogP contribution in [0.25, 0.3) is 0 Å². The quantitative estimate of drug-likeness (QED) is 0.840. The molecule has 0 radical (unpaired) electrons. The van der Waals surface area contributed by atoms with Gasteiger partial charge in [-0.1, -0.05) is 34.8 Å². The van der Waals surface area contributed by atoms with E-state index in [1.165, 1.54) is 6.07 Å². The number of hydrogen-bond acceptors (Lipinski definition) is 3. The fourth-order valence-corrected chi connectivity index (χ4v) is 1.67. The molecule has 1 aromatic heterocycles. The van der Waals surface area contributed by atoms with E-state index in [-0.39, 0.29) is 28.7 Å². The maximum Gasteiger partial charge on any atom is 0.239 e. The Morgan fingerprint density at radius 1 is 1.35 bits per heavy atom. The minimum atomic E-state index is -0.149. The predicted octanol–water partition coefficient (Wildman–Crippen LogP) is 2.98. The number of amides is 1. The van der Waals surface area contributed by atoms with Crippen LogP contribution in [0.4, 0.5) is 5.82 Å². The van der Waals surface area contributed by atoms with Crippen LogP contribution in [-0.2, 0) is 4.79 Å².